The van der Waals surface area contributed by atoms with Crippen LogP contribution < -0.4 is 10.1 Å². The molecular formula is C14H19NO4. The van der Waals surface area contributed by atoms with Gasteiger partial charge in [0, 0.05) is 12.0 Å². The topological polar surface area (TPSA) is 75.6 Å². The summed E-state index contributed by atoms with van der Waals surface area (Å²) in [6, 6.07) is 7.55. The number of rotatable bonds is 5. The van der Waals surface area contributed by atoms with Crippen LogP contribution in [0.15, 0.2) is 24.3 Å². The molecule has 19 heavy (non-hydrogen) atoms. The second-order valence-corrected chi connectivity index (χ2v) is 4.83. The minimum absolute atomic E-state index is 0.256. The lowest BCUT2D eigenvalue weighted by molar-refractivity contribution is -0.150. The Kier molecular flexibility index (Phi) is 4.92. The molecule has 0 spiro atoms. The van der Waals surface area contributed by atoms with Crippen molar-refractivity contribution in [3.8, 4) is 5.75 Å². The molecule has 0 radical (unpaired) electrons. The van der Waals surface area contributed by atoms with Gasteiger partial charge in [0.05, 0.1) is 6.61 Å². The fourth-order valence-electron chi connectivity index (χ4n) is 1.65. The van der Waals surface area contributed by atoms with Gasteiger partial charge in [-0.05, 0) is 24.6 Å². The van der Waals surface area contributed by atoms with Gasteiger partial charge in [0.15, 0.2) is 0 Å². The zero-order valence-electron chi connectivity index (χ0n) is 11.4. The Morgan fingerprint density at radius 3 is 2.32 bits per heavy atom. The average molecular weight is 265 g/mol. The Hall–Kier alpha value is -2.04. The molecule has 0 aliphatic carbocycles. The molecule has 0 heterocycles. The number of aliphatic carboxylic acids is 1. The first-order valence-electron chi connectivity index (χ1n) is 6.11. The molecule has 1 aromatic rings. The van der Waals surface area contributed by atoms with Crippen molar-refractivity contribution in [2.45, 2.75) is 26.2 Å². The van der Waals surface area contributed by atoms with E-state index in [0.717, 1.165) is 11.3 Å². The first kappa shape index (κ1) is 15.0. The molecule has 2 N–H and O–H groups in total. The highest BCUT2D eigenvalue weighted by Gasteiger charge is 2.23. The van der Waals surface area contributed by atoms with Crippen LogP contribution in [0.3, 0.4) is 0 Å². The van der Waals surface area contributed by atoms with Gasteiger partial charge in [0.25, 0.3) is 0 Å². The number of hydrogen-bond acceptors (Lipinski definition) is 3. The van der Waals surface area contributed by atoms with Gasteiger partial charge in [-0.25, -0.2) is 4.79 Å². The number of carbonyl (C=O) groups excluding carboxylic acids is 1. The fourth-order valence-corrected chi connectivity index (χ4v) is 1.65. The summed E-state index contributed by atoms with van der Waals surface area (Å²) in [5, 5.41) is 10.9. The highest BCUT2D eigenvalue weighted by molar-refractivity contribution is 6.31. The van der Waals surface area contributed by atoms with Crippen molar-refractivity contribution in [2.75, 3.05) is 13.2 Å². The Morgan fingerprint density at radius 2 is 1.84 bits per heavy atom. The van der Waals surface area contributed by atoms with Crippen LogP contribution in [-0.2, 0) is 15.0 Å². The molecule has 5 nitrogen and oxygen atoms in total. The number of carboxylic acids is 1. The first-order valence-corrected chi connectivity index (χ1v) is 6.11. The van der Waals surface area contributed by atoms with Crippen molar-refractivity contribution in [2.24, 2.45) is 0 Å². The highest BCUT2D eigenvalue weighted by atomic mass is 16.5. The van der Waals surface area contributed by atoms with E-state index in [1.807, 2.05) is 45.0 Å². The maximum absolute atomic E-state index is 11.0. The Balaban J connectivity index is 2.70. The maximum Gasteiger partial charge on any atom is 0.394 e. The molecule has 0 aromatic heterocycles. The van der Waals surface area contributed by atoms with E-state index in [1.165, 1.54) is 0 Å². The zero-order chi connectivity index (χ0) is 14.5. The predicted molar refractivity (Wildman–Crippen MR) is 71.3 cm³/mol. The molecule has 1 rings (SSSR count). The molecule has 1 aromatic carbocycles. The summed E-state index contributed by atoms with van der Waals surface area (Å²) >= 11 is 0. The fraction of sp³-hybridized carbons (Fsp3) is 0.429. The summed E-state index contributed by atoms with van der Waals surface area (Å²) in [7, 11) is 0. The van der Waals surface area contributed by atoms with Gasteiger partial charge in [-0.1, -0.05) is 26.0 Å². The predicted octanol–water partition coefficient (Wildman–Crippen LogP) is 1.56. The van der Waals surface area contributed by atoms with E-state index >= 15 is 0 Å². The molecular weight excluding hydrogens is 246 g/mol. The molecule has 0 aliphatic rings. The van der Waals surface area contributed by atoms with E-state index in [2.05, 4.69) is 5.32 Å². The van der Waals surface area contributed by atoms with Crippen molar-refractivity contribution < 1.29 is 19.4 Å². The van der Waals surface area contributed by atoms with Crippen LogP contribution in [0.4, 0.5) is 0 Å². The van der Waals surface area contributed by atoms with E-state index in [1.54, 1.807) is 0 Å². The maximum atomic E-state index is 11.0. The largest absolute Gasteiger partial charge is 0.494 e. The SMILES string of the molecule is CCOc1ccc(C(C)(C)CNC(=O)C(=O)O)cc1. The van der Waals surface area contributed by atoms with Gasteiger partial charge in [0.1, 0.15) is 5.75 Å². The first-order chi connectivity index (χ1) is 8.86. The molecule has 5 heteroatoms. The second-order valence-electron chi connectivity index (χ2n) is 4.83. The van der Waals surface area contributed by atoms with Gasteiger partial charge < -0.3 is 15.2 Å². The Morgan fingerprint density at radius 1 is 1.26 bits per heavy atom. The summed E-state index contributed by atoms with van der Waals surface area (Å²) < 4.78 is 5.36. The summed E-state index contributed by atoms with van der Waals surface area (Å²) in [5.41, 5.74) is 0.650. The smallest absolute Gasteiger partial charge is 0.394 e. The van der Waals surface area contributed by atoms with Crippen LogP contribution in [0, 0.1) is 0 Å². The molecule has 0 fully saturated rings. The van der Waals surface area contributed by atoms with Crippen LogP contribution in [0.1, 0.15) is 26.3 Å². The zero-order valence-corrected chi connectivity index (χ0v) is 11.4. The van der Waals surface area contributed by atoms with Crippen molar-refractivity contribution in [1.82, 2.24) is 5.32 Å². The lowest BCUT2D eigenvalue weighted by atomic mass is 9.84. The van der Waals surface area contributed by atoms with Crippen LogP contribution in [-0.4, -0.2) is 30.1 Å². The van der Waals surface area contributed by atoms with Crippen molar-refractivity contribution >= 4 is 11.9 Å². The van der Waals surface area contributed by atoms with Crippen LogP contribution in [0.25, 0.3) is 0 Å². The van der Waals surface area contributed by atoms with Crippen LogP contribution in [0.5, 0.6) is 5.75 Å². The van der Waals surface area contributed by atoms with Crippen molar-refractivity contribution in [1.29, 1.82) is 0 Å². The minimum Gasteiger partial charge on any atom is -0.494 e. The van der Waals surface area contributed by atoms with Gasteiger partial charge in [-0.2, -0.15) is 0 Å². The average Bonchev–Trinajstić information content (AvgIpc) is 2.37. The second kappa shape index (κ2) is 6.22. The van der Waals surface area contributed by atoms with E-state index < -0.39 is 11.9 Å². The lowest BCUT2D eigenvalue weighted by Gasteiger charge is -2.25. The van der Waals surface area contributed by atoms with E-state index in [4.69, 9.17) is 9.84 Å². The summed E-state index contributed by atoms with van der Waals surface area (Å²) in [6.07, 6.45) is 0. The quantitative estimate of drug-likeness (QED) is 0.792. The molecule has 1 amide bonds. The van der Waals surface area contributed by atoms with Crippen molar-refractivity contribution in [3.05, 3.63) is 29.8 Å². The number of amides is 1. The lowest BCUT2D eigenvalue weighted by Crippen LogP contribution is -2.39. The number of hydrogen-bond donors (Lipinski definition) is 2. The minimum atomic E-state index is -1.47. The van der Waals surface area contributed by atoms with E-state index in [9.17, 15) is 9.59 Å². The molecule has 0 saturated carbocycles. The molecule has 0 atom stereocenters. The van der Waals surface area contributed by atoms with Gasteiger partial charge >= 0.3 is 11.9 Å². The van der Waals surface area contributed by atoms with Gasteiger partial charge in [-0.15, -0.1) is 0 Å². The van der Waals surface area contributed by atoms with Crippen LogP contribution >= 0.6 is 0 Å². The number of nitrogens with one attached hydrogen (secondary N) is 1. The summed E-state index contributed by atoms with van der Waals surface area (Å²) in [5.74, 6) is -1.67. The normalized spacial score (nSPS) is 10.9. The molecule has 0 bridgehead atoms. The van der Waals surface area contributed by atoms with Crippen molar-refractivity contribution in [3.63, 3.8) is 0 Å². The third kappa shape index (κ3) is 4.28. The van der Waals surface area contributed by atoms with Crippen LogP contribution in [0.2, 0.25) is 0 Å². The number of ether oxygens (including phenoxy) is 1. The number of carbonyl (C=O) groups is 2. The standard InChI is InChI=1S/C14H19NO4/c1-4-19-11-7-5-10(6-8-11)14(2,3)9-15-12(16)13(17)18/h5-8H,4,9H2,1-3H3,(H,15,16)(H,17,18). The van der Waals surface area contributed by atoms with Gasteiger partial charge in [-0.3, -0.25) is 4.79 Å². The Bertz CT molecular complexity index is 451. The third-order valence-electron chi connectivity index (χ3n) is 2.83. The summed E-state index contributed by atoms with van der Waals surface area (Å²) in [4.78, 5) is 21.5. The monoisotopic (exact) mass is 265 g/mol. The molecule has 0 saturated heterocycles. The number of carboxylic acid groups (broad SMARTS) is 1. The molecule has 0 unspecified atom stereocenters. The van der Waals surface area contributed by atoms with E-state index in [-0.39, 0.29) is 12.0 Å². The molecule has 104 valence electrons. The summed E-state index contributed by atoms with van der Waals surface area (Å²) in [6.45, 7) is 6.65. The molecule has 0 aliphatic heterocycles. The van der Waals surface area contributed by atoms with Gasteiger partial charge in [0.2, 0.25) is 0 Å². The third-order valence-corrected chi connectivity index (χ3v) is 2.83. The Labute approximate surface area is 112 Å². The van der Waals surface area contributed by atoms with E-state index in [0.29, 0.717) is 6.61 Å². The highest BCUT2D eigenvalue weighted by Crippen LogP contribution is 2.24. The number of benzene rings is 1.